The van der Waals surface area contributed by atoms with Crippen molar-refractivity contribution in [1.29, 1.82) is 0 Å². The van der Waals surface area contributed by atoms with Crippen LogP contribution in [0.2, 0.25) is 0 Å². The fourth-order valence-corrected chi connectivity index (χ4v) is 4.40. The molecule has 0 radical (unpaired) electrons. The molecule has 2 fully saturated rings. The van der Waals surface area contributed by atoms with Gasteiger partial charge in [-0.15, -0.1) is 0 Å². The van der Waals surface area contributed by atoms with Gasteiger partial charge < -0.3 is 19.3 Å². The summed E-state index contributed by atoms with van der Waals surface area (Å²) in [6.45, 7) is 2.96. The summed E-state index contributed by atoms with van der Waals surface area (Å²) in [6.07, 6.45) is 3.21. The minimum absolute atomic E-state index is 0.00755. The molecule has 5 rings (SSSR count). The molecule has 1 aromatic carbocycles. The number of aromatic nitrogens is 5. The highest BCUT2D eigenvalue weighted by Crippen LogP contribution is 2.35. The molecule has 0 bridgehead atoms. The molecular weight excluding hydrogens is 398 g/mol. The molecule has 2 aliphatic heterocycles. The number of hydrogen-bond donors (Lipinski definition) is 0. The Morgan fingerprint density at radius 3 is 2.16 bits per heavy atom. The van der Waals surface area contributed by atoms with Crippen LogP contribution in [0.1, 0.15) is 10.4 Å². The average Bonchev–Trinajstić information content (AvgIpc) is 3.55. The summed E-state index contributed by atoms with van der Waals surface area (Å²) in [4.78, 5) is 27.8. The fraction of sp³-hybridized carbons (Fsp3) is 0.381. The molecule has 2 unspecified atom stereocenters. The largest absolute Gasteiger partial charge is 0.481 e. The van der Waals surface area contributed by atoms with Crippen LogP contribution in [0.15, 0.2) is 42.7 Å². The van der Waals surface area contributed by atoms with E-state index < -0.39 is 0 Å². The summed E-state index contributed by atoms with van der Waals surface area (Å²) in [5.41, 5.74) is 1.30. The lowest BCUT2D eigenvalue weighted by Crippen LogP contribution is -2.34. The zero-order chi connectivity index (χ0) is 21.4. The molecule has 1 amide bonds. The van der Waals surface area contributed by atoms with Gasteiger partial charge in [0, 0.05) is 38.0 Å². The molecule has 2 aromatic heterocycles. The number of hydrogen-bond acceptors (Lipinski definition) is 8. The number of nitrogens with zero attached hydrogens (tertiary/aromatic N) is 7. The lowest BCUT2D eigenvalue weighted by atomic mass is 10.0. The lowest BCUT2D eigenvalue weighted by molar-refractivity contribution is 0.0782. The normalized spacial score (nSPS) is 20.1. The molecule has 2 saturated heterocycles. The van der Waals surface area contributed by atoms with Crippen molar-refractivity contribution in [1.82, 2.24) is 29.9 Å². The Morgan fingerprint density at radius 1 is 0.935 bits per heavy atom. The highest BCUT2D eigenvalue weighted by Gasteiger charge is 2.43. The van der Waals surface area contributed by atoms with Crippen LogP contribution in [0.4, 0.5) is 5.95 Å². The molecule has 31 heavy (non-hydrogen) atoms. The SMILES string of the molecule is COc1cc(OC)nc(N2CC3CN(C(=O)c4ccccc4-n4nccn4)CC3C2)n1. The summed E-state index contributed by atoms with van der Waals surface area (Å²) in [5, 5.41) is 8.36. The fourth-order valence-electron chi connectivity index (χ4n) is 4.40. The molecule has 0 N–H and O–H groups in total. The molecule has 10 nitrogen and oxygen atoms in total. The van der Waals surface area contributed by atoms with Crippen LogP contribution in [0.3, 0.4) is 0 Å². The van der Waals surface area contributed by atoms with Gasteiger partial charge in [0.15, 0.2) is 0 Å². The minimum Gasteiger partial charge on any atom is -0.481 e. The van der Waals surface area contributed by atoms with Gasteiger partial charge in [-0.25, -0.2) is 0 Å². The topological polar surface area (TPSA) is 98.5 Å². The first-order chi connectivity index (χ1) is 15.2. The van der Waals surface area contributed by atoms with Crippen molar-refractivity contribution in [2.75, 3.05) is 45.3 Å². The van der Waals surface area contributed by atoms with E-state index in [1.807, 2.05) is 29.2 Å². The Balaban J connectivity index is 1.31. The van der Waals surface area contributed by atoms with E-state index in [-0.39, 0.29) is 5.91 Å². The van der Waals surface area contributed by atoms with Gasteiger partial charge in [-0.05, 0) is 12.1 Å². The monoisotopic (exact) mass is 421 g/mol. The van der Waals surface area contributed by atoms with Gasteiger partial charge in [0.25, 0.3) is 5.91 Å². The van der Waals surface area contributed by atoms with E-state index in [9.17, 15) is 4.79 Å². The van der Waals surface area contributed by atoms with Crippen molar-refractivity contribution in [3.8, 4) is 17.4 Å². The van der Waals surface area contributed by atoms with Crippen LogP contribution in [-0.4, -0.2) is 76.2 Å². The quantitative estimate of drug-likeness (QED) is 0.608. The van der Waals surface area contributed by atoms with E-state index in [2.05, 4.69) is 25.1 Å². The smallest absolute Gasteiger partial charge is 0.256 e. The van der Waals surface area contributed by atoms with Crippen LogP contribution in [0.25, 0.3) is 5.69 Å². The number of fused-ring (bicyclic) bond motifs is 1. The van der Waals surface area contributed by atoms with E-state index in [1.54, 1.807) is 32.7 Å². The van der Waals surface area contributed by atoms with Gasteiger partial charge in [0.1, 0.15) is 0 Å². The second-order valence-corrected chi connectivity index (χ2v) is 7.72. The number of amides is 1. The van der Waals surface area contributed by atoms with E-state index in [0.717, 1.165) is 13.1 Å². The highest BCUT2D eigenvalue weighted by atomic mass is 16.5. The Hall–Kier alpha value is -3.69. The van der Waals surface area contributed by atoms with E-state index in [0.29, 0.717) is 53.9 Å². The molecule has 4 heterocycles. The first-order valence-electron chi connectivity index (χ1n) is 10.1. The number of ether oxygens (including phenoxy) is 2. The predicted octanol–water partition coefficient (Wildman–Crippen LogP) is 1.28. The van der Waals surface area contributed by atoms with Crippen molar-refractivity contribution in [2.24, 2.45) is 11.8 Å². The second-order valence-electron chi connectivity index (χ2n) is 7.72. The number of methoxy groups -OCH3 is 2. The van der Waals surface area contributed by atoms with Gasteiger partial charge in [-0.1, -0.05) is 12.1 Å². The molecule has 2 aliphatic rings. The maximum atomic E-state index is 13.3. The molecular formula is C21H23N7O3. The van der Waals surface area contributed by atoms with Crippen LogP contribution >= 0.6 is 0 Å². The Morgan fingerprint density at radius 2 is 1.55 bits per heavy atom. The van der Waals surface area contributed by atoms with Crippen LogP contribution < -0.4 is 14.4 Å². The number of para-hydroxylation sites is 1. The minimum atomic E-state index is 0.00755. The van der Waals surface area contributed by atoms with Gasteiger partial charge >= 0.3 is 0 Å². The van der Waals surface area contributed by atoms with Crippen molar-refractivity contribution in [3.05, 3.63) is 48.3 Å². The van der Waals surface area contributed by atoms with Crippen molar-refractivity contribution < 1.29 is 14.3 Å². The van der Waals surface area contributed by atoms with Gasteiger partial charge in [0.2, 0.25) is 17.7 Å². The molecule has 3 aromatic rings. The second kappa shape index (κ2) is 7.86. The maximum absolute atomic E-state index is 13.3. The predicted molar refractivity (Wildman–Crippen MR) is 112 cm³/mol. The first kappa shape index (κ1) is 19.3. The first-order valence-corrected chi connectivity index (χ1v) is 10.1. The third-order valence-electron chi connectivity index (χ3n) is 5.91. The van der Waals surface area contributed by atoms with E-state index >= 15 is 0 Å². The van der Waals surface area contributed by atoms with Crippen LogP contribution in [-0.2, 0) is 0 Å². The van der Waals surface area contributed by atoms with Gasteiger partial charge in [-0.2, -0.15) is 25.0 Å². The van der Waals surface area contributed by atoms with Crippen LogP contribution in [0.5, 0.6) is 11.8 Å². The number of likely N-dealkylation sites (tertiary alicyclic amines) is 1. The molecule has 0 aliphatic carbocycles. The number of carbonyl (C=O) groups is 1. The number of anilines is 1. The Labute approximate surface area is 179 Å². The standard InChI is InChI=1S/C21H23N7O3/c1-30-18-9-19(31-2)25-21(24-18)27-12-14-10-26(11-15(14)13-27)20(29)16-5-3-4-6-17(16)28-22-7-8-23-28/h3-9,14-15H,10-13H2,1-2H3. The molecule has 2 atom stereocenters. The molecule has 10 heteroatoms. The summed E-state index contributed by atoms with van der Waals surface area (Å²) in [7, 11) is 3.15. The van der Waals surface area contributed by atoms with Crippen molar-refractivity contribution >= 4 is 11.9 Å². The molecule has 0 saturated carbocycles. The van der Waals surface area contributed by atoms with Crippen LogP contribution in [0, 0.1) is 11.8 Å². The molecule has 0 spiro atoms. The maximum Gasteiger partial charge on any atom is 0.256 e. The molecule has 160 valence electrons. The van der Waals surface area contributed by atoms with Gasteiger partial charge in [0.05, 0.1) is 43.9 Å². The van der Waals surface area contributed by atoms with Crippen molar-refractivity contribution in [2.45, 2.75) is 0 Å². The zero-order valence-electron chi connectivity index (χ0n) is 17.4. The third-order valence-corrected chi connectivity index (χ3v) is 5.91. The average molecular weight is 421 g/mol. The van der Waals surface area contributed by atoms with Gasteiger partial charge in [-0.3, -0.25) is 4.79 Å². The van der Waals surface area contributed by atoms with Crippen molar-refractivity contribution in [3.63, 3.8) is 0 Å². The highest BCUT2D eigenvalue weighted by molar-refractivity contribution is 5.97. The summed E-state index contributed by atoms with van der Waals surface area (Å²) >= 11 is 0. The summed E-state index contributed by atoms with van der Waals surface area (Å²) < 4.78 is 10.5. The van der Waals surface area contributed by atoms with E-state index in [4.69, 9.17) is 9.47 Å². The number of benzene rings is 1. The number of carbonyl (C=O) groups excluding carboxylic acids is 1. The lowest BCUT2D eigenvalue weighted by Gasteiger charge is -2.23. The van der Waals surface area contributed by atoms with E-state index in [1.165, 1.54) is 4.80 Å². The Bertz CT molecular complexity index is 1050. The zero-order valence-corrected chi connectivity index (χ0v) is 17.4. The number of rotatable bonds is 5. The summed E-state index contributed by atoms with van der Waals surface area (Å²) in [5.74, 6) is 2.27. The third kappa shape index (κ3) is 3.54. The Kier molecular flexibility index (Phi) is 4.89. The summed E-state index contributed by atoms with van der Waals surface area (Å²) in [6, 6.07) is 9.10.